The summed E-state index contributed by atoms with van der Waals surface area (Å²) < 4.78 is 13.4. The summed E-state index contributed by atoms with van der Waals surface area (Å²) in [6, 6.07) is 149. The number of para-hydroxylation sites is 10. The number of nitrogens with zero attached hydrogens (tertiary/aromatic N) is 4. The van der Waals surface area contributed by atoms with E-state index in [2.05, 4.69) is 481 Å². The molecule has 0 radical (unpaired) electrons. The normalized spacial score (nSPS) is 13.9. The van der Waals surface area contributed by atoms with Crippen molar-refractivity contribution in [3.05, 3.63) is 457 Å². The first-order chi connectivity index (χ1) is 63.6. The molecule has 0 saturated carbocycles. The van der Waals surface area contributed by atoms with Crippen molar-refractivity contribution in [3.8, 4) is 75.1 Å². The van der Waals surface area contributed by atoms with Crippen LogP contribution in [0.2, 0.25) is 0 Å². The Kier molecular flexibility index (Phi) is 18.3. The Morgan fingerprint density at radius 1 is 0.192 bits per heavy atom. The molecule has 6 nitrogen and oxygen atoms in total. The first-order valence-corrected chi connectivity index (χ1v) is 46.7. The molecule has 0 spiro atoms. The lowest BCUT2D eigenvalue weighted by Gasteiger charge is -2.32. The first kappa shape index (κ1) is 78.4. The molecule has 0 N–H and O–H groups in total. The molecule has 0 fully saturated rings. The Hall–Kier alpha value is -15.1. The minimum atomic E-state index is -0.270. The second-order valence-electron chi connectivity index (χ2n) is 36.9. The van der Waals surface area contributed by atoms with Crippen LogP contribution in [0.25, 0.3) is 119 Å². The average Bonchev–Trinajstić information content (AvgIpc) is 1.52. The van der Waals surface area contributed by atoms with Gasteiger partial charge >= 0.3 is 0 Å². The lowest BCUT2D eigenvalue weighted by molar-refractivity contribution is 0.603. The standard InChI is InChI=1S/C64H48N2OS.C58H44N2OS/c1-63(2)52-39-44(65(43-25-12-7-13-26-43)54-31-17-14-27-46(54)41-21-8-5-9-22-41)35-37-50(52)61-58(63)59-62(68-61)51-38-36-45(40-53(51)64(59,3)4)66(55-32-18-15-28-47(55)42-23-10-6-11-24-42)56-33-20-30-49-48-29-16-19-34-57(48)67-60(49)56;1-57(2)47-35-40(59(38-21-10-6-11-22-38)49-28-16-14-25-42(49)37-19-8-5-9-20-37)31-33-45(47)55-52(57)53-56(62-55)46-34-32-41(36-48(46)58(53,3)4)60(39-23-12-7-13-24-39)50-29-18-27-44-43-26-15-17-30-51(43)61-54(44)50/h5-40H,1-4H3;5-36H,1-4H3. The average molecular weight is 1710 g/mol. The summed E-state index contributed by atoms with van der Waals surface area (Å²) in [6.45, 7) is 19.5. The molecular formula is C122H92N4O2S2. The lowest BCUT2D eigenvalue weighted by atomic mass is 9.74. The highest BCUT2D eigenvalue weighted by Gasteiger charge is 2.51. The molecule has 130 heavy (non-hydrogen) atoms. The zero-order valence-electron chi connectivity index (χ0n) is 73.7. The summed E-state index contributed by atoms with van der Waals surface area (Å²) >= 11 is 3.95. The molecule has 4 heterocycles. The Labute approximate surface area is 766 Å². The van der Waals surface area contributed by atoms with Crippen LogP contribution in [0.3, 0.4) is 0 Å². The van der Waals surface area contributed by atoms with Gasteiger partial charge in [-0.25, -0.2) is 0 Å². The number of hydrogen-bond acceptors (Lipinski definition) is 8. The van der Waals surface area contributed by atoms with Crippen LogP contribution in [0.5, 0.6) is 0 Å². The highest BCUT2D eigenvalue weighted by Crippen LogP contribution is 2.67. The van der Waals surface area contributed by atoms with Crippen molar-refractivity contribution in [1.82, 2.24) is 0 Å². The lowest BCUT2D eigenvalue weighted by Crippen LogP contribution is -2.23. The Morgan fingerprint density at radius 3 is 0.754 bits per heavy atom. The number of benzene rings is 17. The second kappa shape index (κ2) is 30.3. The highest BCUT2D eigenvalue weighted by molar-refractivity contribution is 7.20. The smallest absolute Gasteiger partial charge is 0.159 e. The van der Waals surface area contributed by atoms with Crippen molar-refractivity contribution in [2.75, 3.05) is 19.6 Å². The fourth-order valence-corrected chi connectivity index (χ4v) is 25.3. The van der Waals surface area contributed by atoms with Gasteiger partial charge in [0.2, 0.25) is 0 Å². The molecule has 21 aromatic rings. The van der Waals surface area contributed by atoms with Gasteiger partial charge in [-0.1, -0.05) is 341 Å². The van der Waals surface area contributed by atoms with Crippen molar-refractivity contribution in [2.45, 2.75) is 77.0 Å². The van der Waals surface area contributed by atoms with Crippen LogP contribution in [-0.2, 0) is 21.7 Å². The Bertz CT molecular complexity index is 8060. The van der Waals surface area contributed by atoms with Crippen LogP contribution in [0.4, 0.5) is 68.2 Å². The minimum Gasteiger partial charge on any atom is -0.454 e. The van der Waals surface area contributed by atoms with Gasteiger partial charge in [-0.3, -0.25) is 0 Å². The fraction of sp³-hybridized carbons (Fsp3) is 0.0984. The van der Waals surface area contributed by atoms with Crippen molar-refractivity contribution >= 4 is 135 Å². The molecule has 0 amide bonds. The maximum atomic E-state index is 6.79. The van der Waals surface area contributed by atoms with Crippen molar-refractivity contribution in [2.24, 2.45) is 0 Å². The summed E-state index contributed by atoms with van der Waals surface area (Å²) in [5.41, 5.74) is 39.7. The predicted molar refractivity (Wildman–Crippen MR) is 548 cm³/mol. The van der Waals surface area contributed by atoms with Gasteiger partial charge in [0.05, 0.1) is 28.4 Å². The van der Waals surface area contributed by atoms with E-state index < -0.39 is 0 Å². The molecule has 0 aliphatic heterocycles. The van der Waals surface area contributed by atoms with Crippen LogP contribution >= 0.6 is 22.7 Å². The van der Waals surface area contributed by atoms with Gasteiger partial charge in [0.1, 0.15) is 11.2 Å². The molecule has 0 saturated heterocycles. The summed E-state index contributed by atoms with van der Waals surface area (Å²) in [6.07, 6.45) is 0. The molecule has 4 aromatic heterocycles. The summed E-state index contributed by atoms with van der Waals surface area (Å²) in [5, 5.41) is 4.48. The van der Waals surface area contributed by atoms with E-state index in [1.54, 1.807) is 0 Å². The number of hydrogen-bond donors (Lipinski definition) is 0. The molecule has 0 bridgehead atoms. The second-order valence-corrected chi connectivity index (χ2v) is 39.0. The largest absolute Gasteiger partial charge is 0.454 e. The maximum absolute atomic E-state index is 6.79. The summed E-state index contributed by atoms with van der Waals surface area (Å²) in [4.78, 5) is 15.3. The molecule has 4 aliphatic carbocycles. The fourth-order valence-electron chi connectivity index (χ4n) is 21.9. The van der Waals surface area contributed by atoms with Crippen LogP contribution < -0.4 is 19.6 Å². The zero-order chi connectivity index (χ0) is 87.5. The van der Waals surface area contributed by atoms with Crippen LogP contribution in [0.1, 0.15) is 99.9 Å². The number of anilines is 12. The van der Waals surface area contributed by atoms with Crippen LogP contribution in [0.15, 0.2) is 421 Å². The van der Waals surface area contributed by atoms with Gasteiger partial charge in [0, 0.05) is 119 Å². The monoisotopic (exact) mass is 1710 g/mol. The predicted octanol–water partition coefficient (Wildman–Crippen LogP) is 35.4. The van der Waals surface area contributed by atoms with E-state index in [9.17, 15) is 0 Å². The van der Waals surface area contributed by atoms with E-state index in [-0.39, 0.29) is 21.7 Å². The van der Waals surface area contributed by atoms with Gasteiger partial charge in [0.15, 0.2) is 11.2 Å². The Balaban J connectivity index is 0.000000145. The number of rotatable bonds is 15. The van der Waals surface area contributed by atoms with Crippen LogP contribution in [-0.4, -0.2) is 0 Å². The van der Waals surface area contributed by atoms with E-state index in [1.807, 2.05) is 28.7 Å². The maximum Gasteiger partial charge on any atom is 0.159 e. The number of thiophene rings is 2. The van der Waals surface area contributed by atoms with E-state index >= 15 is 0 Å². The molecule has 8 heteroatoms. The van der Waals surface area contributed by atoms with Crippen molar-refractivity contribution in [1.29, 1.82) is 0 Å². The molecule has 0 unspecified atom stereocenters. The third-order valence-electron chi connectivity index (χ3n) is 28.0. The van der Waals surface area contributed by atoms with E-state index in [0.29, 0.717) is 0 Å². The van der Waals surface area contributed by atoms with E-state index in [4.69, 9.17) is 8.83 Å². The highest BCUT2D eigenvalue weighted by atomic mass is 32.1. The van der Waals surface area contributed by atoms with E-state index in [1.165, 1.54) is 114 Å². The van der Waals surface area contributed by atoms with Crippen LogP contribution in [0, 0.1) is 0 Å². The quantitative estimate of drug-likeness (QED) is 0.102. The number of furan rings is 2. The zero-order valence-corrected chi connectivity index (χ0v) is 75.3. The van der Waals surface area contributed by atoms with Gasteiger partial charge in [0.25, 0.3) is 0 Å². The molecule has 4 aliphatic rings. The Morgan fingerprint density at radius 2 is 0.431 bits per heavy atom. The first-order valence-electron chi connectivity index (χ1n) is 45.1. The molecule has 17 aromatic carbocycles. The van der Waals surface area contributed by atoms with Gasteiger partial charge < -0.3 is 28.4 Å². The molecular weight excluding hydrogens is 1620 g/mol. The van der Waals surface area contributed by atoms with Gasteiger partial charge in [-0.15, -0.1) is 22.7 Å². The SMILES string of the molecule is CC1(C)c2cc(N(c3ccccc3)c3ccccc3-c3ccccc3)ccc2-c2sc3c(c21)C(C)(C)c1cc(N(c2ccccc2)c2cccc4c2oc2ccccc24)ccc1-3.CC1(C)c2cc(N(c3ccccc3)c3ccccc3-c3ccccc3)ccc2-c2sc3c(c21)C(C)(C)c1cc(N(c2ccccc2-c2ccccc2)c2cccc4c2oc2ccccc24)ccc1-3. The third-order valence-corrected chi connectivity index (χ3v) is 30.5. The third kappa shape index (κ3) is 12.2. The summed E-state index contributed by atoms with van der Waals surface area (Å²) in [5.74, 6) is 0. The van der Waals surface area contributed by atoms with Crippen molar-refractivity contribution in [3.63, 3.8) is 0 Å². The molecule has 624 valence electrons. The minimum absolute atomic E-state index is 0.221. The molecule has 25 rings (SSSR count). The molecule has 0 atom stereocenters. The topological polar surface area (TPSA) is 39.2 Å². The van der Waals surface area contributed by atoms with Crippen molar-refractivity contribution < 1.29 is 8.83 Å². The van der Waals surface area contributed by atoms with Gasteiger partial charge in [-0.2, -0.15) is 0 Å². The summed E-state index contributed by atoms with van der Waals surface area (Å²) in [7, 11) is 0. The van der Waals surface area contributed by atoms with E-state index in [0.717, 1.165) is 118 Å². The number of fused-ring (bicyclic) bond motifs is 20. The van der Waals surface area contributed by atoms with Gasteiger partial charge in [-0.05, 0) is 211 Å².